The van der Waals surface area contributed by atoms with Crippen molar-refractivity contribution in [3.63, 3.8) is 0 Å². The van der Waals surface area contributed by atoms with E-state index >= 15 is 0 Å². The third kappa shape index (κ3) is 3.30. The van der Waals surface area contributed by atoms with Gasteiger partial charge in [-0.1, -0.05) is 13.8 Å². The summed E-state index contributed by atoms with van der Waals surface area (Å²) in [6, 6.07) is 0.541. The molecule has 0 saturated heterocycles. The van der Waals surface area contributed by atoms with Gasteiger partial charge in [0.15, 0.2) is 0 Å². The van der Waals surface area contributed by atoms with Gasteiger partial charge in [0.25, 0.3) is 0 Å². The van der Waals surface area contributed by atoms with Gasteiger partial charge in [0, 0.05) is 22.0 Å². The molecule has 0 bridgehead atoms. The van der Waals surface area contributed by atoms with Crippen LogP contribution < -0.4 is 5.32 Å². The molecule has 1 aliphatic carbocycles. The fraction of sp³-hybridized carbons (Fsp3) is 0.667. The minimum atomic E-state index is 0.541. The van der Waals surface area contributed by atoms with Gasteiger partial charge in [0.05, 0.1) is 0 Å². The summed E-state index contributed by atoms with van der Waals surface area (Å²) in [6.07, 6.45) is 7.53. The second-order valence-electron chi connectivity index (χ2n) is 4.98. The summed E-state index contributed by atoms with van der Waals surface area (Å²) in [4.78, 5) is 8.59. The standard InChI is InChI=1S/C12H18IN3/c1-8-3-9(2)5-11(4-8)16-12-14-6-10(13)7-15-12/h6-9,11H,3-5H2,1-2H3,(H,14,15,16). The first-order valence-corrected chi connectivity index (χ1v) is 6.95. The zero-order chi connectivity index (χ0) is 11.5. The van der Waals surface area contributed by atoms with Crippen molar-refractivity contribution in [3.05, 3.63) is 16.0 Å². The third-order valence-electron chi connectivity index (χ3n) is 3.13. The molecule has 1 saturated carbocycles. The lowest BCUT2D eigenvalue weighted by Crippen LogP contribution is -2.30. The summed E-state index contributed by atoms with van der Waals surface area (Å²) in [5.41, 5.74) is 0. The Morgan fingerprint density at radius 1 is 1.12 bits per heavy atom. The fourth-order valence-electron chi connectivity index (χ4n) is 2.63. The zero-order valence-electron chi connectivity index (χ0n) is 9.78. The first-order chi connectivity index (χ1) is 7.63. The lowest BCUT2D eigenvalue weighted by Gasteiger charge is -2.31. The highest BCUT2D eigenvalue weighted by atomic mass is 127. The van der Waals surface area contributed by atoms with E-state index in [1.165, 1.54) is 19.3 Å². The van der Waals surface area contributed by atoms with Crippen LogP contribution in [0.2, 0.25) is 0 Å². The Kier molecular flexibility index (Phi) is 4.00. The van der Waals surface area contributed by atoms with Crippen LogP contribution in [0.3, 0.4) is 0 Å². The molecule has 1 N–H and O–H groups in total. The predicted octanol–water partition coefficient (Wildman–Crippen LogP) is 3.32. The highest BCUT2D eigenvalue weighted by Gasteiger charge is 2.24. The molecule has 1 fully saturated rings. The highest BCUT2D eigenvalue weighted by Crippen LogP contribution is 2.29. The van der Waals surface area contributed by atoms with Crippen LogP contribution in [0, 0.1) is 15.4 Å². The monoisotopic (exact) mass is 331 g/mol. The maximum absolute atomic E-state index is 4.29. The number of aromatic nitrogens is 2. The smallest absolute Gasteiger partial charge is 0.222 e. The first-order valence-electron chi connectivity index (χ1n) is 5.87. The molecule has 0 aromatic carbocycles. The van der Waals surface area contributed by atoms with Gasteiger partial charge >= 0.3 is 0 Å². The Balaban J connectivity index is 1.96. The van der Waals surface area contributed by atoms with E-state index in [1.807, 2.05) is 12.4 Å². The SMILES string of the molecule is CC1CC(C)CC(Nc2ncc(I)cn2)C1. The molecule has 1 aromatic rings. The van der Waals surface area contributed by atoms with E-state index in [-0.39, 0.29) is 0 Å². The van der Waals surface area contributed by atoms with Gasteiger partial charge in [-0.3, -0.25) is 0 Å². The van der Waals surface area contributed by atoms with Crippen molar-refractivity contribution in [2.24, 2.45) is 11.8 Å². The van der Waals surface area contributed by atoms with Crippen molar-refractivity contribution in [2.45, 2.75) is 39.2 Å². The van der Waals surface area contributed by atoms with Crippen molar-refractivity contribution in [3.8, 4) is 0 Å². The lowest BCUT2D eigenvalue weighted by atomic mass is 9.80. The van der Waals surface area contributed by atoms with Gasteiger partial charge in [-0.05, 0) is 53.7 Å². The van der Waals surface area contributed by atoms with E-state index in [2.05, 4.69) is 51.7 Å². The normalized spacial score (nSPS) is 30.1. The second-order valence-corrected chi connectivity index (χ2v) is 6.23. The fourth-order valence-corrected chi connectivity index (χ4v) is 2.91. The molecule has 3 nitrogen and oxygen atoms in total. The van der Waals surface area contributed by atoms with Crippen molar-refractivity contribution in [1.82, 2.24) is 9.97 Å². The van der Waals surface area contributed by atoms with Crippen LogP contribution in [0.25, 0.3) is 0 Å². The van der Waals surface area contributed by atoms with Crippen molar-refractivity contribution < 1.29 is 0 Å². The minimum Gasteiger partial charge on any atom is -0.351 e. The van der Waals surface area contributed by atoms with Crippen LogP contribution in [0.5, 0.6) is 0 Å². The largest absolute Gasteiger partial charge is 0.351 e. The van der Waals surface area contributed by atoms with E-state index in [1.54, 1.807) is 0 Å². The average Bonchev–Trinajstić information content (AvgIpc) is 2.20. The van der Waals surface area contributed by atoms with E-state index in [0.29, 0.717) is 6.04 Å². The van der Waals surface area contributed by atoms with Gasteiger partial charge in [-0.15, -0.1) is 0 Å². The summed E-state index contributed by atoms with van der Waals surface area (Å²) in [7, 11) is 0. The van der Waals surface area contributed by atoms with Gasteiger partial charge in [0.2, 0.25) is 5.95 Å². The van der Waals surface area contributed by atoms with Gasteiger partial charge in [0.1, 0.15) is 0 Å². The van der Waals surface area contributed by atoms with E-state index < -0.39 is 0 Å². The van der Waals surface area contributed by atoms with E-state index in [9.17, 15) is 0 Å². The van der Waals surface area contributed by atoms with Crippen molar-refractivity contribution in [2.75, 3.05) is 5.32 Å². The van der Waals surface area contributed by atoms with Crippen LogP contribution in [0.1, 0.15) is 33.1 Å². The zero-order valence-corrected chi connectivity index (χ0v) is 11.9. The van der Waals surface area contributed by atoms with Crippen molar-refractivity contribution in [1.29, 1.82) is 0 Å². The molecule has 88 valence electrons. The quantitative estimate of drug-likeness (QED) is 0.845. The third-order valence-corrected chi connectivity index (χ3v) is 3.69. The van der Waals surface area contributed by atoms with Crippen LogP contribution in [-0.2, 0) is 0 Å². The number of halogens is 1. The summed E-state index contributed by atoms with van der Waals surface area (Å²) in [6.45, 7) is 4.66. The summed E-state index contributed by atoms with van der Waals surface area (Å²) in [5.74, 6) is 2.39. The number of nitrogens with one attached hydrogen (secondary N) is 1. The number of hydrogen-bond donors (Lipinski definition) is 1. The number of rotatable bonds is 2. The molecule has 0 spiro atoms. The van der Waals surface area contributed by atoms with E-state index in [4.69, 9.17) is 0 Å². The van der Waals surface area contributed by atoms with E-state index in [0.717, 1.165) is 21.4 Å². The molecule has 2 rings (SSSR count). The molecule has 0 aliphatic heterocycles. The maximum Gasteiger partial charge on any atom is 0.222 e. The minimum absolute atomic E-state index is 0.541. The molecule has 4 heteroatoms. The molecule has 16 heavy (non-hydrogen) atoms. The van der Waals surface area contributed by atoms with Crippen LogP contribution in [-0.4, -0.2) is 16.0 Å². The number of hydrogen-bond acceptors (Lipinski definition) is 3. The molecular formula is C12H18IN3. The maximum atomic E-state index is 4.29. The molecule has 1 aromatic heterocycles. The Morgan fingerprint density at radius 2 is 1.69 bits per heavy atom. The molecule has 0 amide bonds. The molecule has 1 heterocycles. The highest BCUT2D eigenvalue weighted by molar-refractivity contribution is 14.1. The molecule has 2 atom stereocenters. The predicted molar refractivity (Wildman–Crippen MR) is 74.3 cm³/mol. The van der Waals surface area contributed by atoms with Crippen LogP contribution in [0.15, 0.2) is 12.4 Å². The molecule has 0 radical (unpaired) electrons. The average molecular weight is 331 g/mol. The number of nitrogens with zero attached hydrogens (tertiary/aromatic N) is 2. The van der Waals surface area contributed by atoms with Gasteiger partial charge in [-0.25, -0.2) is 9.97 Å². The summed E-state index contributed by atoms with van der Waals surface area (Å²) in [5, 5.41) is 3.44. The molecular weight excluding hydrogens is 313 g/mol. The summed E-state index contributed by atoms with van der Waals surface area (Å²) >= 11 is 2.22. The van der Waals surface area contributed by atoms with Crippen molar-refractivity contribution >= 4 is 28.5 Å². The van der Waals surface area contributed by atoms with Crippen LogP contribution >= 0.6 is 22.6 Å². The Labute approximate surface area is 111 Å². The first kappa shape index (κ1) is 12.1. The van der Waals surface area contributed by atoms with Gasteiger partial charge < -0.3 is 5.32 Å². The van der Waals surface area contributed by atoms with Gasteiger partial charge in [-0.2, -0.15) is 0 Å². The Bertz CT molecular complexity index is 329. The summed E-state index contributed by atoms with van der Waals surface area (Å²) < 4.78 is 1.08. The number of anilines is 1. The lowest BCUT2D eigenvalue weighted by molar-refractivity contribution is 0.280. The second kappa shape index (κ2) is 5.29. The Morgan fingerprint density at radius 3 is 2.25 bits per heavy atom. The topological polar surface area (TPSA) is 37.8 Å². The van der Waals surface area contributed by atoms with Crippen LogP contribution in [0.4, 0.5) is 5.95 Å². The molecule has 1 aliphatic rings. The molecule has 2 unspecified atom stereocenters. The Hall–Kier alpha value is -0.390.